The van der Waals surface area contributed by atoms with Gasteiger partial charge in [0.15, 0.2) is 5.78 Å². The molecular formula is C28H39NO2. The third kappa shape index (κ3) is 3.15. The van der Waals surface area contributed by atoms with Gasteiger partial charge in [-0.1, -0.05) is 26.3 Å². The number of nitrogens with zero attached hydrogens (tertiary/aromatic N) is 1. The van der Waals surface area contributed by atoms with Gasteiger partial charge in [-0.05, 0) is 98.0 Å². The van der Waals surface area contributed by atoms with Gasteiger partial charge in [0.2, 0.25) is 0 Å². The van der Waals surface area contributed by atoms with Gasteiger partial charge >= 0.3 is 0 Å². The van der Waals surface area contributed by atoms with Crippen molar-refractivity contribution in [1.82, 2.24) is 0 Å². The topological polar surface area (TPSA) is 50.1 Å². The van der Waals surface area contributed by atoms with Crippen molar-refractivity contribution in [3.05, 3.63) is 23.0 Å². The number of ether oxygens (including phenoxy) is 1. The van der Waals surface area contributed by atoms with E-state index in [-0.39, 0.29) is 5.41 Å². The highest BCUT2D eigenvalue weighted by atomic mass is 16.5. The van der Waals surface area contributed by atoms with E-state index in [0.717, 1.165) is 49.9 Å². The van der Waals surface area contributed by atoms with Crippen LogP contribution in [0.5, 0.6) is 0 Å². The summed E-state index contributed by atoms with van der Waals surface area (Å²) in [4.78, 5) is 12.1. The van der Waals surface area contributed by atoms with Crippen LogP contribution in [0.25, 0.3) is 0 Å². The van der Waals surface area contributed by atoms with Gasteiger partial charge in [0.1, 0.15) is 6.10 Å². The van der Waals surface area contributed by atoms with Crippen LogP contribution < -0.4 is 0 Å². The van der Waals surface area contributed by atoms with Gasteiger partial charge in [0.05, 0.1) is 11.8 Å². The highest BCUT2D eigenvalue weighted by molar-refractivity contribution is 5.91. The third-order valence-electron chi connectivity index (χ3n) is 10.5. The van der Waals surface area contributed by atoms with Crippen LogP contribution in [-0.2, 0) is 9.53 Å². The Morgan fingerprint density at radius 1 is 1.23 bits per heavy atom. The fraction of sp³-hybridized carbons (Fsp3) is 0.786. The average molecular weight is 422 g/mol. The molecule has 1 unspecified atom stereocenters. The number of hydrogen-bond acceptors (Lipinski definition) is 3. The van der Waals surface area contributed by atoms with E-state index in [1.165, 1.54) is 42.6 Å². The highest BCUT2D eigenvalue weighted by Gasteiger charge is 2.63. The molecule has 0 amide bonds. The summed E-state index contributed by atoms with van der Waals surface area (Å²) in [6, 6.07) is 2.31. The summed E-state index contributed by atoms with van der Waals surface area (Å²) in [5, 5.41) is 8.96. The molecule has 0 saturated heterocycles. The molecule has 3 saturated carbocycles. The van der Waals surface area contributed by atoms with Crippen molar-refractivity contribution in [2.75, 3.05) is 0 Å². The fourth-order valence-electron chi connectivity index (χ4n) is 8.78. The standard InChI is InChI=1S/C28H39NO2/c1-17(11-14-29)5-8-24-18(2)26-25(31-24)16-23-21-7-6-19-15-20(30)9-12-27(19,3)22(21)10-13-28(23,26)4/h15,17,21-23,25-26H,5-13,16H2,1-4H3/t17?,21-,22+,23+,25+,26+,27+,28+/m1/s1. The predicted octanol–water partition coefficient (Wildman–Crippen LogP) is 6.75. The first-order chi connectivity index (χ1) is 14.8. The van der Waals surface area contributed by atoms with E-state index >= 15 is 0 Å². The van der Waals surface area contributed by atoms with Crippen LogP contribution in [0.1, 0.15) is 91.9 Å². The van der Waals surface area contributed by atoms with Crippen LogP contribution in [0.2, 0.25) is 0 Å². The van der Waals surface area contributed by atoms with Crippen LogP contribution in [0.15, 0.2) is 23.0 Å². The van der Waals surface area contributed by atoms with Gasteiger partial charge in [0.25, 0.3) is 0 Å². The number of carbonyl (C=O) groups excluding carboxylic acids is 1. The molecular weight excluding hydrogens is 382 g/mol. The molecule has 0 bridgehead atoms. The Morgan fingerprint density at radius 2 is 2.03 bits per heavy atom. The van der Waals surface area contributed by atoms with Crippen LogP contribution in [0.3, 0.4) is 0 Å². The summed E-state index contributed by atoms with van der Waals surface area (Å²) in [6.45, 7) is 9.57. The maximum Gasteiger partial charge on any atom is 0.155 e. The molecule has 1 heterocycles. The summed E-state index contributed by atoms with van der Waals surface area (Å²) in [6.07, 6.45) is 13.1. The van der Waals surface area contributed by atoms with Gasteiger partial charge in [-0.25, -0.2) is 0 Å². The Balaban J connectivity index is 1.36. The van der Waals surface area contributed by atoms with Crippen molar-refractivity contribution in [3.63, 3.8) is 0 Å². The summed E-state index contributed by atoms with van der Waals surface area (Å²) >= 11 is 0. The van der Waals surface area contributed by atoms with Gasteiger partial charge in [0, 0.05) is 25.2 Å². The van der Waals surface area contributed by atoms with E-state index in [1.54, 1.807) is 0 Å². The molecule has 168 valence electrons. The Kier molecular flexibility index (Phi) is 5.15. The number of fused-ring (bicyclic) bond motifs is 7. The summed E-state index contributed by atoms with van der Waals surface area (Å²) in [7, 11) is 0. The van der Waals surface area contributed by atoms with Crippen molar-refractivity contribution in [2.24, 2.45) is 40.4 Å². The predicted molar refractivity (Wildman–Crippen MR) is 122 cm³/mol. The van der Waals surface area contributed by atoms with E-state index in [9.17, 15) is 4.79 Å². The van der Waals surface area contributed by atoms with Crippen molar-refractivity contribution >= 4 is 5.78 Å². The zero-order valence-corrected chi connectivity index (χ0v) is 19.9. The van der Waals surface area contributed by atoms with E-state index in [1.807, 2.05) is 6.08 Å². The first kappa shape index (κ1) is 21.3. The normalized spacial score (nSPS) is 44.4. The number of carbonyl (C=O) groups is 1. The van der Waals surface area contributed by atoms with Gasteiger partial charge < -0.3 is 4.74 Å². The lowest BCUT2D eigenvalue weighted by Crippen LogP contribution is -2.50. The second-order valence-corrected chi connectivity index (χ2v) is 12.0. The van der Waals surface area contributed by atoms with Crippen LogP contribution >= 0.6 is 0 Å². The smallest absolute Gasteiger partial charge is 0.155 e. The number of nitriles is 1. The second kappa shape index (κ2) is 7.50. The molecule has 5 aliphatic rings. The number of ketones is 1. The molecule has 5 rings (SSSR count). The Labute approximate surface area is 188 Å². The first-order valence-corrected chi connectivity index (χ1v) is 12.7. The number of hydrogen-bond donors (Lipinski definition) is 0. The molecule has 0 aromatic rings. The lowest BCUT2D eigenvalue weighted by atomic mass is 9.46. The SMILES string of the molecule is CC1=C(CCC(C)CC#N)O[C@H]2C[C@H]3[C@@H]4CCC5=CC(=O)CC[C@]5(C)[C@H]4CC[C@]3(C)[C@@H]12. The first-order valence-electron chi connectivity index (χ1n) is 12.7. The molecule has 0 N–H and O–H groups in total. The van der Waals surface area contributed by atoms with E-state index in [2.05, 4.69) is 33.8 Å². The minimum Gasteiger partial charge on any atom is -0.494 e. The summed E-state index contributed by atoms with van der Waals surface area (Å²) in [5.41, 5.74) is 3.60. The van der Waals surface area contributed by atoms with E-state index in [0.29, 0.717) is 35.6 Å². The van der Waals surface area contributed by atoms with Crippen molar-refractivity contribution in [1.29, 1.82) is 5.26 Å². The monoisotopic (exact) mass is 421 g/mol. The van der Waals surface area contributed by atoms with Crippen LogP contribution in [-0.4, -0.2) is 11.9 Å². The van der Waals surface area contributed by atoms with Crippen molar-refractivity contribution in [3.8, 4) is 6.07 Å². The van der Waals surface area contributed by atoms with Gasteiger partial charge in [-0.3, -0.25) is 4.79 Å². The molecule has 1 aliphatic heterocycles. The Morgan fingerprint density at radius 3 is 2.81 bits per heavy atom. The maximum absolute atomic E-state index is 12.1. The molecule has 3 nitrogen and oxygen atoms in total. The average Bonchev–Trinajstić information content (AvgIpc) is 3.20. The maximum atomic E-state index is 12.1. The number of rotatable bonds is 4. The van der Waals surface area contributed by atoms with Gasteiger partial charge in [-0.2, -0.15) is 5.26 Å². The zero-order chi connectivity index (χ0) is 22.0. The van der Waals surface area contributed by atoms with E-state index in [4.69, 9.17) is 10.00 Å². The van der Waals surface area contributed by atoms with Crippen molar-refractivity contribution < 1.29 is 9.53 Å². The minimum atomic E-state index is 0.254. The molecule has 31 heavy (non-hydrogen) atoms. The molecule has 3 fully saturated rings. The minimum absolute atomic E-state index is 0.254. The summed E-state index contributed by atoms with van der Waals surface area (Å²) < 4.78 is 6.65. The van der Waals surface area contributed by atoms with Crippen LogP contribution in [0.4, 0.5) is 0 Å². The molecule has 3 heteroatoms. The Hall–Kier alpha value is -1.56. The molecule has 4 aliphatic carbocycles. The molecule has 0 radical (unpaired) electrons. The lowest BCUT2D eigenvalue weighted by Gasteiger charge is -2.58. The van der Waals surface area contributed by atoms with Gasteiger partial charge in [-0.15, -0.1) is 0 Å². The van der Waals surface area contributed by atoms with Crippen LogP contribution in [0, 0.1) is 51.8 Å². The molecule has 8 atom stereocenters. The fourth-order valence-corrected chi connectivity index (χ4v) is 8.78. The zero-order valence-electron chi connectivity index (χ0n) is 19.9. The molecule has 0 aromatic heterocycles. The van der Waals surface area contributed by atoms with E-state index < -0.39 is 0 Å². The Bertz CT molecular complexity index is 878. The second-order valence-electron chi connectivity index (χ2n) is 12.0. The lowest BCUT2D eigenvalue weighted by molar-refractivity contribution is -0.117. The quantitative estimate of drug-likeness (QED) is 0.504. The highest BCUT2D eigenvalue weighted by Crippen LogP contribution is 2.69. The van der Waals surface area contributed by atoms with Crippen molar-refractivity contribution in [2.45, 2.75) is 98.0 Å². The number of allylic oxidation sites excluding steroid dienone is 2. The molecule has 0 spiro atoms. The summed E-state index contributed by atoms with van der Waals surface area (Å²) in [5.74, 6) is 4.91. The largest absolute Gasteiger partial charge is 0.494 e. The molecule has 0 aromatic carbocycles. The third-order valence-corrected chi connectivity index (χ3v) is 10.5.